The van der Waals surface area contributed by atoms with E-state index < -0.39 is 5.54 Å². The molecule has 0 radical (unpaired) electrons. The van der Waals surface area contributed by atoms with Crippen LogP contribution in [0.4, 0.5) is 0 Å². The van der Waals surface area contributed by atoms with Gasteiger partial charge in [0.25, 0.3) is 0 Å². The molecule has 0 N–H and O–H groups in total. The summed E-state index contributed by atoms with van der Waals surface area (Å²) in [6.07, 6.45) is 4.40. The van der Waals surface area contributed by atoms with Crippen LogP contribution in [0.5, 0.6) is 5.75 Å². The lowest BCUT2D eigenvalue weighted by Crippen LogP contribution is -2.32. The lowest BCUT2D eigenvalue weighted by molar-refractivity contribution is 0.246. The molecule has 0 bridgehead atoms. The Morgan fingerprint density at radius 1 is 1.50 bits per heavy atom. The van der Waals surface area contributed by atoms with E-state index in [1.165, 1.54) is 0 Å². The molecule has 0 aliphatic heterocycles. The molecule has 0 aromatic heterocycles. The molecule has 1 fully saturated rings. The summed E-state index contributed by atoms with van der Waals surface area (Å²) in [6.45, 7) is 0. The summed E-state index contributed by atoms with van der Waals surface area (Å²) in [7, 11) is 1.57. The molecule has 1 aromatic carbocycles. The lowest BCUT2D eigenvalue weighted by atomic mass is 9.72. The summed E-state index contributed by atoms with van der Waals surface area (Å²) in [5.41, 5.74) is 0.426. The number of carbonyl (C=O) groups excluding carboxylic acids is 1. The molecule has 1 aliphatic carbocycles. The number of nitrogens with zero attached hydrogens (tertiary/aromatic N) is 1. The van der Waals surface area contributed by atoms with Gasteiger partial charge in [-0.1, -0.05) is 23.7 Å². The Morgan fingerprint density at radius 2 is 2.25 bits per heavy atom. The molecule has 2 rings (SSSR count). The molecule has 16 heavy (non-hydrogen) atoms. The maximum atomic E-state index is 10.5. The number of isocyanates is 1. The summed E-state index contributed by atoms with van der Waals surface area (Å²) in [5.74, 6) is 0.614. The molecular formula is C12H12ClNO2. The van der Waals surface area contributed by atoms with Gasteiger partial charge in [-0.25, -0.2) is 4.79 Å². The predicted molar refractivity (Wildman–Crippen MR) is 61.7 cm³/mol. The smallest absolute Gasteiger partial charge is 0.235 e. The summed E-state index contributed by atoms with van der Waals surface area (Å²) < 4.78 is 5.28. The molecule has 0 saturated heterocycles. The van der Waals surface area contributed by atoms with Gasteiger partial charge in [0.1, 0.15) is 11.3 Å². The second-order valence-electron chi connectivity index (χ2n) is 3.91. The molecule has 0 heterocycles. The highest BCUT2D eigenvalue weighted by atomic mass is 35.5. The number of hydrogen-bond donors (Lipinski definition) is 0. The van der Waals surface area contributed by atoms with E-state index in [1.807, 2.05) is 12.1 Å². The van der Waals surface area contributed by atoms with Crippen molar-refractivity contribution in [1.29, 1.82) is 0 Å². The molecule has 84 valence electrons. The average Bonchev–Trinajstić information content (AvgIpc) is 2.23. The van der Waals surface area contributed by atoms with Crippen molar-refractivity contribution in [1.82, 2.24) is 0 Å². The van der Waals surface area contributed by atoms with Crippen LogP contribution in [0, 0.1) is 0 Å². The third-order valence-corrected chi connectivity index (χ3v) is 3.41. The Labute approximate surface area is 99.1 Å². The molecular weight excluding hydrogens is 226 g/mol. The third-order valence-electron chi connectivity index (χ3n) is 3.11. The van der Waals surface area contributed by atoms with Gasteiger partial charge < -0.3 is 4.74 Å². The first-order valence-corrected chi connectivity index (χ1v) is 5.53. The van der Waals surface area contributed by atoms with Gasteiger partial charge in [0, 0.05) is 5.56 Å². The van der Waals surface area contributed by atoms with E-state index in [4.69, 9.17) is 16.3 Å². The lowest BCUT2D eigenvalue weighted by Gasteiger charge is -2.37. The number of rotatable bonds is 3. The maximum absolute atomic E-state index is 10.5. The maximum Gasteiger partial charge on any atom is 0.235 e. The molecule has 0 unspecified atom stereocenters. The molecule has 1 aromatic rings. The second-order valence-corrected chi connectivity index (χ2v) is 4.32. The van der Waals surface area contributed by atoms with Crippen LogP contribution in [-0.4, -0.2) is 13.2 Å². The predicted octanol–water partition coefficient (Wildman–Crippen LogP) is 3.06. The van der Waals surface area contributed by atoms with Gasteiger partial charge in [0.05, 0.1) is 12.1 Å². The highest BCUT2D eigenvalue weighted by molar-refractivity contribution is 6.32. The monoisotopic (exact) mass is 237 g/mol. The Balaban J connectivity index is 2.54. The molecule has 0 spiro atoms. The Morgan fingerprint density at radius 3 is 2.75 bits per heavy atom. The minimum atomic E-state index is -0.460. The van der Waals surface area contributed by atoms with E-state index in [-0.39, 0.29) is 0 Å². The van der Waals surface area contributed by atoms with Gasteiger partial charge in [0.2, 0.25) is 6.08 Å². The van der Waals surface area contributed by atoms with Crippen molar-refractivity contribution >= 4 is 17.7 Å². The fourth-order valence-electron chi connectivity index (χ4n) is 2.12. The van der Waals surface area contributed by atoms with E-state index in [0.717, 1.165) is 24.8 Å². The largest absolute Gasteiger partial charge is 0.495 e. The van der Waals surface area contributed by atoms with Gasteiger partial charge in [0.15, 0.2) is 0 Å². The van der Waals surface area contributed by atoms with E-state index in [0.29, 0.717) is 10.8 Å². The first-order valence-electron chi connectivity index (χ1n) is 5.15. The highest BCUT2D eigenvalue weighted by Gasteiger charge is 2.41. The summed E-state index contributed by atoms with van der Waals surface area (Å²) in [4.78, 5) is 14.4. The van der Waals surface area contributed by atoms with E-state index in [2.05, 4.69) is 4.99 Å². The number of methoxy groups -OCH3 is 1. The number of para-hydroxylation sites is 1. The molecule has 1 aliphatic rings. The first-order chi connectivity index (χ1) is 7.73. The van der Waals surface area contributed by atoms with E-state index in [1.54, 1.807) is 19.3 Å². The summed E-state index contributed by atoms with van der Waals surface area (Å²) >= 11 is 6.05. The average molecular weight is 238 g/mol. The van der Waals surface area contributed by atoms with Crippen LogP contribution in [0.3, 0.4) is 0 Å². The molecule has 1 saturated carbocycles. The summed E-state index contributed by atoms with van der Waals surface area (Å²) in [6, 6.07) is 5.52. The van der Waals surface area contributed by atoms with Crippen molar-refractivity contribution in [2.45, 2.75) is 24.8 Å². The Bertz CT molecular complexity index is 448. The second kappa shape index (κ2) is 4.28. The normalized spacial score (nSPS) is 17.1. The van der Waals surface area contributed by atoms with Gasteiger partial charge in [-0.05, 0) is 25.3 Å². The van der Waals surface area contributed by atoms with Crippen LogP contribution in [0.25, 0.3) is 0 Å². The van der Waals surface area contributed by atoms with Crippen LogP contribution in [-0.2, 0) is 10.3 Å². The van der Waals surface area contributed by atoms with Crippen LogP contribution in [0.1, 0.15) is 24.8 Å². The standard InChI is InChI=1S/C12H12ClNO2/c1-16-11-9(4-2-5-10(11)13)12(14-8-15)6-3-7-12/h2,4-5H,3,6-7H2,1H3. The zero-order chi connectivity index (χ0) is 11.6. The molecule has 0 amide bonds. The fourth-order valence-corrected chi connectivity index (χ4v) is 2.37. The number of halogens is 1. The van der Waals surface area contributed by atoms with E-state index >= 15 is 0 Å². The van der Waals surface area contributed by atoms with Crippen LogP contribution >= 0.6 is 11.6 Å². The fraction of sp³-hybridized carbons (Fsp3) is 0.417. The minimum absolute atomic E-state index is 0.460. The third kappa shape index (κ3) is 1.62. The van der Waals surface area contributed by atoms with Crippen molar-refractivity contribution < 1.29 is 9.53 Å². The minimum Gasteiger partial charge on any atom is -0.495 e. The zero-order valence-electron chi connectivity index (χ0n) is 9.00. The van der Waals surface area contributed by atoms with Crippen LogP contribution in [0.2, 0.25) is 5.02 Å². The van der Waals surface area contributed by atoms with Crippen molar-refractivity contribution in [3.63, 3.8) is 0 Å². The van der Waals surface area contributed by atoms with Crippen LogP contribution in [0.15, 0.2) is 23.2 Å². The number of aliphatic imine (C=N–C) groups is 1. The highest BCUT2D eigenvalue weighted by Crippen LogP contribution is 2.49. The molecule has 4 heteroatoms. The van der Waals surface area contributed by atoms with Gasteiger partial charge in [-0.15, -0.1) is 0 Å². The number of benzene rings is 1. The SMILES string of the molecule is COc1c(Cl)cccc1C1(N=C=O)CCC1. The van der Waals surface area contributed by atoms with Crippen molar-refractivity contribution in [2.24, 2.45) is 4.99 Å². The van der Waals surface area contributed by atoms with Gasteiger partial charge in [-0.2, -0.15) is 4.99 Å². The molecule has 0 atom stereocenters. The Hall–Kier alpha value is -1.31. The van der Waals surface area contributed by atoms with Gasteiger partial charge >= 0.3 is 0 Å². The first kappa shape index (κ1) is 11.2. The quantitative estimate of drug-likeness (QED) is 0.599. The number of hydrogen-bond acceptors (Lipinski definition) is 3. The topological polar surface area (TPSA) is 38.7 Å². The van der Waals surface area contributed by atoms with Crippen LogP contribution < -0.4 is 4.74 Å². The van der Waals surface area contributed by atoms with E-state index in [9.17, 15) is 4.79 Å². The summed E-state index contributed by atoms with van der Waals surface area (Å²) in [5, 5.41) is 0.548. The van der Waals surface area contributed by atoms with Crippen molar-refractivity contribution in [3.05, 3.63) is 28.8 Å². The Kier molecular flexibility index (Phi) is 2.99. The van der Waals surface area contributed by atoms with Crippen molar-refractivity contribution in [2.75, 3.05) is 7.11 Å². The zero-order valence-corrected chi connectivity index (χ0v) is 9.75. The molecule has 3 nitrogen and oxygen atoms in total. The van der Waals surface area contributed by atoms with Gasteiger partial charge in [-0.3, -0.25) is 0 Å². The van der Waals surface area contributed by atoms with Crippen molar-refractivity contribution in [3.8, 4) is 5.75 Å². The number of ether oxygens (including phenoxy) is 1.